The van der Waals surface area contributed by atoms with Gasteiger partial charge in [0, 0.05) is 24.0 Å². The van der Waals surface area contributed by atoms with Crippen molar-refractivity contribution in [3.63, 3.8) is 0 Å². The first-order valence-corrected chi connectivity index (χ1v) is 9.12. The summed E-state index contributed by atoms with van der Waals surface area (Å²) in [4.78, 5) is 10.4. The van der Waals surface area contributed by atoms with Gasteiger partial charge in [0.05, 0.1) is 13.7 Å². The van der Waals surface area contributed by atoms with Crippen LogP contribution in [0.1, 0.15) is 15.9 Å². The maximum atomic E-state index is 10.4. The van der Waals surface area contributed by atoms with Gasteiger partial charge >= 0.3 is 0 Å². The molecular formula is C15H26O3S. The molecule has 0 aliphatic carbocycles. The van der Waals surface area contributed by atoms with Crippen molar-refractivity contribution in [3.8, 4) is 5.75 Å². The summed E-state index contributed by atoms with van der Waals surface area (Å²) in [6.07, 6.45) is 7.72. The lowest BCUT2D eigenvalue weighted by atomic mass is 10.1. The number of hydrogen-bond acceptors (Lipinski definition) is 3. The molecule has 4 heteroatoms. The highest BCUT2D eigenvalue weighted by Crippen LogP contribution is 2.33. The fraction of sp³-hybridized carbons (Fsp3) is 0.533. The molecule has 1 aromatic carbocycles. The first kappa shape index (κ1) is 18.0. The van der Waals surface area contributed by atoms with Crippen LogP contribution in [0.3, 0.4) is 0 Å². The Morgan fingerprint density at radius 1 is 1.21 bits per heavy atom. The smallest absolute Gasteiger partial charge is 0.150 e. The third kappa shape index (κ3) is 7.90. The number of benzene rings is 1. The van der Waals surface area contributed by atoms with Gasteiger partial charge in [-0.2, -0.15) is 0 Å². The van der Waals surface area contributed by atoms with E-state index in [1.54, 1.807) is 26.4 Å². The maximum absolute atomic E-state index is 10.4. The van der Waals surface area contributed by atoms with Crippen LogP contribution >= 0.6 is 10.0 Å². The normalized spacial score (nSPS) is 11.3. The summed E-state index contributed by atoms with van der Waals surface area (Å²) in [7, 11) is 3.04. The van der Waals surface area contributed by atoms with E-state index >= 15 is 0 Å². The lowest BCUT2D eigenvalue weighted by molar-refractivity contribution is 0.112. The van der Waals surface area contributed by atoms with Crippen LogP contribution in [0, 0.1) is 6.92 Å². The van der Waals surface area contributed by atoms with E-state index in [0.29, 0.717) is 5.56 Å². The van der Waals surface area contributed by atoms with Gasteiger partial charge in [-0.3, -0.25) is 4.79 Å². The lowest BCUT2D eigenvalue weighted by Crippen LogP contribution is -2.04. The van der Waals surface area contributed by atoms with E-state index in [0.717, 1.165) is 24.2 Å². The molecule has 0 aromatic heterocycles. The third-order valence-corrected chi connectivity index (χ3v) is 3.96. The summed E-state index contributed by atoms with van der Waals surface area (Å²) < 4.78 is 9.97. The predicted octanol–water partition coefficient (Wildman–Crippen LogP) is 3.14. The van der Waals surface area contributed by atoms with E-state index in [1.807, 2.05) is 13.0 Å². The minimum absolute atomic E-state index is 0.311. The summed E-state index contributed by atoms with van der Waals surface area (Å²) in [5.74, 6) is 1.98. The van der Waals surface area contributed by atoms with E-state index in [1.165, 1.54) is 5.75 Å². The van der Waals surface area contributed by atoms with Crippen molar-refractivity contribution >= 4 is 16.3 Å². The summed E-state index contributed by atoms with van der Waals surface area (Å²) in [5, 5.41) is 0. The Labute approximate surface area is 118 Å². The molecule has 0 aliphatic rings. The Morgan fingerprint density at radius 3 is 2.21 bits per heavy atom. The van der Waals surface area contributed by atoms with Gasteiger partial charge < -0.3 is 9.47 Å². The molecule has 3 nitrogen and oxygen atoms in total. The fourth-order valence-corrected chi connectivity index (χ4v) is 1.98. The quantitative estimate of drug-likeness (QED) is 0.780. The maximum Gasteiger partial charge on any atom is 0.150 e. The third-order valence-electron chi connectivity index (χ3n) is 2.57. The zero-order valence-electron chi connectivity index (χ0n) is 12.9. The highest BCUT2D eigenvalue weighted by Gasteiger charge is 2.01. The first-order valence-electron chi connectivity index (χ1n) is 6.09. The van der Waals surface area contributed by atoms with Crippen LogP contribution in [0.4, 0.5) is 0 Å². The fourth-order valence-electron chi connectivity index (χ4n) is 1.31. The van der Waals surface area contributed by atoms with Gasteiger partial charge in [0.2, 0.25) is 0 Å². The standard InChI is InChI=1S/C9H10O2.C6H16OS/c1-7-8(6-10)4-3-5-9(7)11-2;1-7-5-6-8(2,3)4/h3-6H,1-2H3;5-6H2,1-4H3. The van der Waals surface area contributed by atoms with Crippen molar-refractivity contribution in [2.45, 2.75) is 6.92 Å². The van der Waals surface area contributed by atoms with Crippen LogP contribution < -0.4 is 4.74 Å². The minimum atomic E-state index is -0.311. The molecule has 0 saturated carbocycles. The van der Waals surface area contributed by atoms with Crippen molar-refractivity contribution in [2.24, 2.45) is 0 Å². The zero-order chi connectivity index (χ0) is 14.9. The first-order chi connectivity index (χ1) is 8.85. The second kappa shape index (κ2) is 8.99. The van der Waals surface area contributed by atoms with Crippen LogP contribution in [-0.2, 0) is 4.74 Å². The van der Waals surface area contributed by atoms with Gasteiger partial charge in [-0.25, -0.2) is 10.0 Å². The highest BCUT2D eigenvalue weighted by atomic mass is 32.3. The van der Waals surface area contributed by atoms with E-state index in [4.69, 9.17) is 9.47 Å². The lowest BCUT2D eigenvalue weighted by Gasteiger charge is -2.23. The number of aldehydes is 1. The Morgan fingerprint density at radius 2 is 1.84 bits per heavy atom. The molecule has 0 atom stereocenters. The Hall–Kier alpha value is -1.00. The zero-order valence-corrected chi connectivity index (χ0v) is 13.7. The SMILES string of the molecule is COCCS(C)(C)C.COc1cccc(C=O)c1C. The Kier molecular flexibility index (Phi) is 8.52. The molecular weight excluding hydrogens is 260 g/mol. The van der Waals surface area contributed by atoms with Crippen molar-refractivity contribution < 1.29 is 14.3 Å². The second-order valence-electron chi connectivity index (χ2n) is 5.08. The Bertz CT molecular complexity index is 383. The van der Waals surface area contributed by atoms with Crippen molar-refractivity contribution in [1.29, 1.82) is 0 Å². The van der Waals surface area contributed by atoms with Crippen molar-refractivity contribution in [2.75, 3.05) is 45.3 Å². The number of hydrogen-bond donors (Lipinski definition) is 0. The number of rotatable bonds is 5. The molecule has 0 spiro atoms. The molecule has 0 bridgehead atoms. The molecule has 0 radical (unpaired) electrons. The molecule has 0 heterocycles. The van der Waals surface area contributed by atoms with E-state index in [9.17, 15) is 4.79 Å². The molecule has 1 rings (SSSR count). The van der Waals surface area contributed by atoms with Crippen molar-refractivity contribution in [3.05, 3.63) is 29.3 Å². The monoisotopic (exact) mass is 286 g/mol. The molecule has 0 N–H and O–H groups in total. The van der Waals surface area contributed by atoms with E-state index in [-0.39, 0.29) is 10.0 Å². The van der Waals surface area contributed by atoms with Crippen LogP contribution in [0.5, 0.6) is 5.75 Å². The Balaban J connectivity index is 0.000000362. The summed E-state index contributed by atoms with van der Waals surface area (Å²) >= 11 is 0. The number of ether oxygens (including phenoxy) is 2. The van der Waals surface area contributed by atoms with Gasteiger partial charge in [0.25, 0.3) is 0 Å². The van der Waals surface area contributed by atoms with Crippen LogP contribution in [0.15, 0.2) is 18.2 Å². The van der Waals surface area contributed by atoms with E-state index in [2.05, 4.69) is 18.8 Å². The number of carbonyl (C=O) groups is 1. The van der Waals surface area contributed by atoms with Crippen LogP contribution in [0.2, 0.25) is 0 Å². The largest absolute Gasteiger partial charge is 0.496 e. The molecule has 0 unspecified atom stereocenters. The highest BCUT2D eigenvalue weighted by molar-refractivity contribution is 8.32. The molecule has 1 aromatic rings. The molecule has 19 heavy (non-hydrogen) atoms. The molecule has 0 saturated heterocycles. The molecule has 110 valence electrons. The second-order valence-corrected chi connectivity index (χ2v) is 9.67. The van der Waals surface area contributed by atoms with Gasteiger partial charge in [-0.1, -0.05) is 12.1 Å². The average Bonchev–Trinajstić information content (AvgIpc) is 2.36. The van der Waals surface area contributed by atoms with Crippen LogP contribution in [0.25, 0.3) is 0 Å². The topological polar surface area (TPSA) is 35.5 Å². The number of methoxy groups -OCH3 is 2. The predicted molar refractivity (Wildman–Crippen MR) is 85.2 cm³/mol. The van der Waals surface area contributed by atoms with Crippen LogP contribution in [-0.4, -0.2) is 51.6 Å². The van der Waals surface area contributed by atoms with Gasteiger partial charge in [-0.05, 0) is 31.8 Å². The van der Waals surface area contributed by atoms with Gasteiger partial charge in [0.15, 0.2) is 0 Å². The van der Waals surface area contributed by atoms with Gasteiger partial charge in [0.1, 0.15) is 12.0 Å². The number of carbonyl (C=O) groups excluding carboxylic acids is 1. The summed E-state index contributed by atoms with van der Waals surface area (Å²) in [6.45, 7) is 2.78. The molecule has 0 aliphatic heterocycles. The van der Waals surface area contributed by atoms with E-state index < -0.39 is 0 Å². The average molecular weight is 286 g/mol. The minimum Gasteiger partial charge on any atom is -0.496 e. The summed E-state index contributed by atoms with van der Waals surface area (Å²) in [5.41, 5.74) is 1.58. The summed E-state index contributed by atoms with van der Waals surface area (Å²) in [6, 6.07) is 5.41. The molecule has 0 amide bonds. The van der Waals surface area contributed by atoms with Crippen molar-refractivity contribution in [1.82, 2.24) is 0 Å². The molecule has 0 fully saturated rings. The van der Waals surface area contributed by atoms with Gasteiger partial charge in [-0.15, -0.1) is 0 Å².